The number of nitrogens with zero attached hydrogens (tertiary/aromatic N) is 1. The summed E-state index contributed by atoms with van der Waals surface area (Å²) in [7, 11) is 0. The van der Waals surface area contributed by atoms with Gasteiger partial charge in [-0.1, -0.05) is 77.8 Å². The Bertz CT molecular complexity index is 1410. The number of hydrogen-bond acceptors (Lipinski definition) is 4. The Morgan fingerprint density at radius 1 is 0.833 bits per heavy atom. The molecule has 0 aromatic heterocycles. The normalized spacial score (nSPS) is 10.9. The van der Waals surface area contributed by atoms with E-state index >= 15 is 0 Å². The first kappa shape index (κ1) is 25.2. The van der Waals surface area contributed by atoms with Gasteiger partial charge in [-0.05, 0) is 46.7 Å². The smallest absolute Gasteiger partial charge is 0.240 e. The van der Waals surface area contributed by atoms with Crippen LogP contribution in [0.3, 0.4) is 0 Å². The van der Waals surface area contributed by atoms with Gasteiger partial charge in [0.15, 0.2) is 0 Å². The topological polar surface area (TPSA) is 79.8 Å². The van der Waals surface area contributed by atoms with Crippen molar-refractivity contribution in [2.45, 2.75) is 19.4 Å². The first-order valence-electron chi connectivity index (χ1n) is 11.2. The van der Waals surface area contributed by atoms with E-state index in [4.69, 9.17) is 27.9 Å². The summed E-state index contributed by atoms with van der Waals surface area (Å²) in [6.45, 7) is 0.350. The molecule has 4 aromatic carbocycles. The molecular formula is C28H23Cl2N3O3. The van der Waals surface area contributed by atoms with Gasteiger partial charge in [0, 0.05) is 23.4 Å². The molecule has 0 atom stereocenters. The maximum atomic E-state index is 12.3. The van der Waals surface area contributed by atoms with E-state index in [1.807, 2.05) is 60.7 Å². The summed E-state index contributed by atoms with van der Waals surface area (Å²) in [5, 5.41) is 9.86. The molecule has 6 nitrogen and oxygen atoms in total. The summed E-state index contributed by atoms with van der Waals surface area (Å²) >= 11 is 12.0. The number of rotatable bonds is 9. The molecule has 36 heavy (non-hydrogen) atoms. The van der Waals surface area contributed by atoms with Crippen molar-refractivity contribution in [1.29, 1.82) is 0 Å². The number of carbonyl (C=O) groups is 2. The van der Waals surface area contributed by atoms with Crippen LogP contribution in [0.1, 0.15) is 24.0 Å². The van der Waals surface area contributed by atoms with Crippen LogP contribution in [-0.4, -0.2) is 18.0 Å². The Kier molecular flexibility index (Phi) is 8.55. The molecule has 4 aromatic rings. The fourth-order valence-corrected chi connectivity index (χ4v) is 3.81. The zero-order valence-electron chi connectivity index (χ0n) is 19.2. The Balaban J connectivity index is 1.39. The predicted molar refractivity (Wildman–Crippen MR) is 145 cm³/mol. The van der Waals surface area contributed by atoms with Gasteiger partial charge in [-0.2, -0.15) is 5.10 Å². The molecule has 0 fully saturated rings. The zero-order valence-corrected chi connectivity index (χ0v) is 20.7. The molecule has 0 spiro atoms. The van der Waals surface area contributed by atoms with E-state index in [2.05, 4.69) is 15.8 Å². The highest BCUT2D eigenvalue weighted by Crippen LogP contribution is 2.27. The molecule has 0 unspecified atom stereocenters. The van der Waals surface area contributed by atoms with Gasteiger partial charge in [0.05, 0.1) is 16.9 Å². The minimum absolute atomic E-state index is 0.00367. The molecule has 2 amide bonds. The van der Waals surface area contributed by atoms with E-state index in [1.54, 1.807) is 30.5 Å². The Hall–Kier alpha value is -3.87. The minimum atomic E-state index is -0.385. The summed E-state index contributed by atoms with van der Waals surface area (Å²) in [4.78, 5) is 24.4. The second-order valence-corrected chi connectivity index (χ2v) is 8.78. The number of hydrazone groups is 1. The van der Waals surface area contributed by atoms with Crippen LogP contribution in [-0.2, 0) is 16.2 Å². The lowest BCUT2D eigenvalue weighted by Crippen LogP contribution is -2.20. The monoisotopic (exact) mass is 519 g/mol. The summed E-state index contributed by atoms with van der Waals surface area (Å²) < 4.78 is 6.06. The number of benzene rings is 4. The molecule has 0 radical (unpaired) electrons. The highest BCUT2D eigenvalue weighted by Gasteiger charge is 2.10. The highest BCUT2D eigenvalue weighted by atomic mass is 35.5. The molecule has 0 aliphatic carbocycles. The lowest BCUT2D eigenvalue weighted by Gasteiger charge is -2.12. The number of amides is 2. The second kappa shape index (κ2) is 12.2. The first-order chi connectivity index (χ1) is 17.5. The number of para-hydroxylation sites is 1. The molecule has 0 aliphatic heterocycles. The number of fused-ring (bicyclic) bond motifs is 1. The number of anilines is 1. The maximum Gasteiger partial charge on any atom is 0.240 e. The molecule has 0 heterocycles. The molecular weight excluding hydrogens is 497 g/mol. The Morgan fingerprint density at radius 3 is 2.36 bits per heavy atom. The number of hydrogen-bond donors (Lipinski definition) is 2. The van der Waals surface area contributed by atoms with Crippen LogP contribution in [0.2, 0.25) is 10.0 Å². The van der Waals surface area contributed by atoms with Crippen LogP contribution in [0.4, 0.5) is 5.69 Å². The number of nitrogens with one attached hydrogen (secondary N) is 2. The van der Waals surface area contributed by atoms with Crippen molar-refractivity contribution < 1.29 is 14.3 Å². The highest BCUT2D eigenvalue weighted by molar-refractivity contribution is 6.33. The van der Waals surface area contributed by atoms with Crippen molar-refractivity contribution in [2.75, 3.05) is 5.32 Å². The van der Waals surface area contributed by atoms with E-state index in [9.17, 15) is 9.59 Å². The summed E-state index contributed by atoms with van der Waals surface area (Å²) in [5.41, 5.74) is 4.70. The van der Waals surface area contributed by atoms with Gasteiger partial charge in [-0.15, -0.1) is 0 Å². The summed E-state index contributed by atoms with van der Waals surface area (Å²) in [6, 6.07) is 26.0. The van der Waals surface area contributed by atoms with Crippen LogP contribution in [0.15, 0.2) is 90.0 Å². The largest absolute Gasteiger partial charge is 0.488 e. The molecule has 0 saturated carbocycles. The number of ether oxygens (including phenoxy) is 1. The fourth-order valence-electron chi connectivity index (χ4n) is 3.50. The Morgan fingerprint density at radius 2 is 1.56 bits per heavy atom. The second-order valence-electron chi connectivity index (χ2n) is 7.93. The van der Waals surface area contributed by atoms with Gasteiger partial charge in [-0.3, -0.25) is 9.59 Å². The third kappa shape index (κ3) is 6.84. The van der Waals surface area contributed by atoms with Gasteiger partial charge in [0.1, 0.15) is 12.4 Å². The van der Waals surface area contributed by atoms with Crippen LogP contribution >= 0.6 is 23.2 Å². The average molecular weight is 520 g/mol. The summed E-state index contributed by atoms with van der Waals surface area (Å²) in [5.74, 6) is -0.0700. The Labute approximate surface area is 218 Å². The SMILES string of the molecule is O=C(CCC(=O)Nc1ccccc1Cl)NN=Cc1c(OCc2ccc(Cl)cc2)ccc2ccccc12. The van der Waals surface area contributed by atoms with Crippen molar-refractivity contribution >= 4 is 57.7 Å². The predicted octanol–water partition coefficient (Wildman–Crippen LogP) is 6.59. The van der Waals surface area contributed by atoms with Gasteiger partial charge in [0.25, 0.3) is 0 Å². The van der Waals surface area contributed by atoms with Crippen molar-refractivity contribution in [2.24, 2.45) is 5.10 Å². The van der Waals surface area contributed by atoms with Gasteiger partial charge in [-0.25, -0.2) is 5.43 Å². The van der Waals surface area contributed by atoms with Gasteiger partial charge < -0.3 is 10.1 Å². The van der Waals surface area contributed by atoms with Crippen molar-refractivity contribution in [3.63, 3.8) is 0 Å². The van der Waals surface area contributed by atoms with Crippen LogP contribution in [0.5, 0.6) is 5.75 Å². The lowest BCUT2D eigenvalue weighted by atomic mass is 10.0. The van der Waals surface area contributed by atoms with Crippen LogP contribution in [0, 0.1) is 0 Å². The van der Waals surface area contributed by atoms with E-state index < -0.39 is 0 Å². The standard InChI is InChI=1S/C28H23Cl2N3O3/c29-21-12-9-19(10-13-21)18-36-26-14-11-20-5-1-2-6-22(20)23(26)17-31-33-28(35)16-15-27(34)32-25-8-4-3-7-24(25)30/h1-14,17H,15-16,18H2,(H,32,34)(H,33,35). The molecule has 182 valence electrons. The van der Waals surface area contributed by atoms with E-state index in [1.165, 1.54) is 0 Å². The zero-order chi connectivity index (χ0) is 25.3. The molecule has 2 N–H and O–H groups in total. The van der Waals surface area contributed by atoms with Gasteiger partial charge in [0.2, 0.25) is 11.8 Å². The van der Waals surface area contributed by atoms with Crippen LogP contribution < -0.4 is 15.5 Å². The number of halogens is 2. The third-order valence-corrected chi connectivity index (χ3v) is 5.93. The van der Waals surface area contributed by atoms with Crippen molar-refractivity contribution in [1.82, 2.24) is 5.43 Å². The third-order valence-electron chi connectivity index (χ3n) is 5.35. The van der Waals surface area contributed by atoms with E-state index in [0.717, 1.165) is 21.9 Å². The molecule has 8 heteroatoms. The molecule has 4 rings (SSSR count). The lowest BCUT2D eigenvalue weighted by molar-refractivity contribution is -0.124. The van der Waals surface area contributed by atoms with Gasteiger partial charge >= 0.3 is 0 Å². The van der Waals surface area contributed by atoms with Crippen LogP contribution in [0.25, 0.3) is 10.8 Å². The average Bonchev–Trinajstić information content (AvgIpc) is 2.89. The first-order valence-corrected chi connectivity index (χ1v) is 12.0. The van der Waals surface area contributed by atoms with E-state index in [-0.39, 0.29) is 24.7 Å². The fraction of sp³-hybridized carbons (Fsp3) is 0.107. The molecule has 0 aliphatic rings. The minimum Gasteiger partial charge on any atom is -0.488 e. The number of carbonyl (C=O) groups excluding carboxylic acids is 2. The summed E-state index contributed by atoms with van der Waals surface area (Å²) in [6.07, 6.45) is 1.53. The molecule has 0 bridgehead atoms. The van der Waals surface area contributed by atoms with E-state index in [0.29, 0.717) is 28.1 Å². The van der Waals surface area contributed by atoms with Crippen molar-refractivity contribution in [3.05, 3.63) is 106 Å². The quantitative estimate of drug-likeness (QED) is 0.193. The maximum absolute atomic E-state index is 12.3. The molecule has 0 saturated heterocycles. The van der Waals surface area contributed by atoms with Crippen molar-refractivity contribution in [3.8, 4) is 5.75 Å².